The molecule has 6 heteroatoms. The number of anilines is 1. The standard InChI is InChI=1S/C13H18N2O3S/c1-3-18-8-7-11(16)15-12-9(13(14)19)5-4-6-10(12)17-2/h4-6H,3,7-8H2,1-2H3,(H2,14,19)(H,15,16). The topological polar surface area (TPSA) is 73.6 Å². The molecule has 0 aromatic heterocycles. The Balaban J connectivity index is 2.86. The van der Waals surface area contributed by atoms with E-state index in [0.717, 1.165) is 0 Å². The van der Waals surface area contributed by atoms with Crippen molar-refractivity contribution in [2.75, 3.05) is 25.6 Å². The highest BCUT2D eigenvalue weighted by Crippen LogP contribution is 2.28. The number of rotatable bonds is 7. The van der Waals surface area contributed by atoms with Crippen molar-refractivity contribution in [1.29, 1.82) is 0 Å². The number of amides is 1. The zero-order valence-corrected chi connectivity index (χ0v) is 11.9. The van der Waals surface area contributed by atoms with Crippen molar-refractivity contribution in [2.45, 2.75) is 13.3 Å². The van der Waals surface area contributed by atoms with Crippen molar-refractivity contribution in [2.24, 2.45) is 5.73 Å². The third kappa shape index (κ3) is 4.50. The molecule has 104 valence electrons. The summed E-state index contributed by atoms with van der Waals surface area (Å²) < 4.78 is 10.3. The second kappa shape index (κ2) is 7.70. The summed E-state index contributed by atoms with van der Waals surface area (Å²) in [5.74, 6) is 0.352. The number of hydrogen-bond donors (Lipinski definition) is 2. The van der Waals surface area contributed by atoms with Crippen molar-refractivity contribution >= 4 is 28.8 Å². The zero-order valence-electron chi connectivity index (χ0n) is 11.1. The number of hydrogen-bond acceptors (Lipinski definition) is 4. The minimum absolute atomic E-state index is 0.171. The van der Waals surface area contributed by atoms with E-state index in [1.807, 2.05) is 6.92 Å². The van der Waals surface area contributed by atoms with Gasteiger partial charge in [-0.15, -0.1) is 0 Å². The van der Waals surface area contributed by atoms with Gasteiger partial charge in [-0.05, 0) is 19.1 Å². The first kappa shape index (κ1) is 15.4. The third-order valence-corrected chi connectivity index (χ3v) is 2.67. The fourth-order valence-electron chi connectivity index (χ4n) is 1.55. The van der Waals surface area contributed by atoms with Crippen LogP contribution in [0, 0.1) is 0 Å². The van der Waals surface area contributed by atoms with Crippen LogP contribution < -0.4 is 15.8 Å². The van der Waals surface area contributed by atoms with Crippen molar-refractivity contribution in [3.8, 4) is 5.75 Å². The molecule has 19 heavy (non-hydrogen) atoms. The van der Waals surface area contributed by atoms with Crippen LogP contribution in [0.1, 0.15) is 18.9 Å². The Morgan fingerprint density at radius 2 is 2.21 bits per heavy atom. The number of nitrogens with two attached hydrogens (primary N) is 1. The number of carbonyl (C=O) groups excluding carboxylic acids is 1. The van der Waals surface area contributed by atoms with Gasteiger partial charge in [0.2, 0.25) is 5.91 Å². The lowest BCUT2D eigenvalue weighted by molar-refractivity contribution is -0.117. The fraction of sp³-hybridized carbons (Fsp3) is 0.385. The lowest BCUT2D eigenvalue weighted by Gasteiger charge is -2.14. The molecule has 0 saturated heterocycles. The molecule has 5 nitrogen and oxygen atoms in total. The average molecular weight is 282 g/mol. The number of para-hydroxylation sites is 1. The molecule has 0 unspecified atom stereocenters. The van der Waals surface area contributed by atoms with E-state index >= 15 is 0 Å². The predicted molar refractivity (Wildman–Crippen MR) is 78.6 cm³/mol. The SMILES string of the molecule is CCOCCC(=O)Nc1c(OC)cccc1C(N)=S. The number of methoxy groups -OCH3 is 1. The van der Waals surface area contributed by atoms with E-state index in [1.54, 1.807) is 18.2 Å². The molecule has 0 aliphatic carbocycles. The lowest BCUT2D eigenvalue weighted by atomic mass is 10.1. The Kier molecular flexibility index (Phi) is 6.24. The normalized spacial score (nSPS) is 10.0. The molecule has 0 aliphatic rings. The van der Waals surface area contributed by atoms with Gasteiger partial charge < -0.3 is 20.5 Å². The Hall–Kier alpha value is -1.66. The maximum atomic E-state index is 11.8. The van der Waals surface area contributed by atoms with Gasteiger partial charge in [-0.3, -0.25) is 4.79 Å². The third-order valence-electron chi connectivity index (χ3n) is 2.45. The number of nitrogens with one attached hydrogen (secondary N) is 1. The smallest absolute Gasteiger partial charge is 0.226 e. The largest absolute Gasteiger partial charge is 0.495 e. The summed E-state index contributed by atoms with van der Waals surface area (Å²) in [7, 11) is 1.52. The molecule has 0 aliphatic heterocycles. The molecule has 0 radical (unpaired) electrons. The minimum atomic E-state index is -0.171. The monoisotopic (exact) mass is 282 g/mol. The lowest BCUT2D eigenvalue weighted by Crippen LogP contribution is -2.19. The Morgan fingerprint density at radius 3 is 2.79 bits per heavy atom. The summed E-state index contributed by atoms with van der Waals surface area (Å²) in [6.07, 6.45) is 0.267. The molecule has 3 N–H and O–H groups in total. The molecule has 0 saturated carbocycles. The van der Waals surface area contributed by atoms with Crippen molar-refractivity contribution in [3.05, 3.63) is 23.8 Å². The van der Waals surface area contributed by atoms with Gasteiger partial charge in [0.05, 0.1) is 25.8 Å². The highest BCUT2D eigenvalue weighted by molar-refractivity contribution is 7.80. The molecule has 0 heterocycles. The van der Waals surface area contributed by atoms with Crippen LogP contribution >= 0.6 is 12.2 Å². The second-order valence-corrected chi connectivity index (χ2v) is 4.18. The average Bonchev–Trinajstić information content (AvgIpc) is 2.39. The quantitative estimate of drug-likeness (QED) is 0.588. The molecule has 1 aromatic carbocycles. The molecule has 1 amide bonds. The summed E-state index contributed by atoms with van der Waals surface area (Å²) in [6, 6.07) is 5.24. The molecule has 0 fully saturated rings. The highest BCUT2D eigenvalue weighted by Gasteiger charge is 2.13. The van der Waals surface area contributed by atoms with Gasteiger partial charge in [0.25, 0.3) is 0 Å². The van der Waals surface area contributed by atoms with Crippen molar-refractivity contribution in [3.63, 3.8) is 0 Å². The van der Waals surface area contributed by atoms with E-state index in [4.69, 9.17) is 27.4 Å². The zero-order chi connectivity index (χ0) is 14.3. The minimum Gasteiger partial charge on any atom is -0.495 e. The van der Waals surface area contributed by atoms with Gasteiger partial charge in [0, 0.05) is 12.2 Å². The second-order valence-electron chi connectivity index (χ2n) is 3.74. The molecule has 0 atom stereocenters. The molecular formula is C13H18N2O3S. The van der Waals surface area contributed by atoms with Gasteiger partial charge in [-0.1, -0.05) is 18.3 Å². The van der Waals surface area contributed by atoms with Crippen LogP contribution in [-0.4, -0.2) is 31.2 Å². The first-order valence-corrected chi connectivity index (χ1v) is 6.35. The van der Waals surface area contributed by atoms with E-state index in [0.29, 0.717) is 30.2 Å². The molecule has 1 aromatic rings. The first-order valence-electron chi connectivity index (χ1n) is 5.94. The summed E-state index contributed by atoms with van der Waals surface area (Å²) in [5.41, 5.74) is 6.72. The van der Waals surface area contributed by atoms with E-state index in [1.165, 1.54) is 7.11 Å². The van der Waals surface area contributed by atoms with Crippen LogP contribution in [0.5, 0.6) is 5.75 Å². The van der Waals surface area contributed by atoms with E-state index < -0.39 is 0 Å². The maximum absolute atomic E-state index is 11.8. The molecule has 1 rings (SSSR count). The maximum Gasteiger partial charge on any atom is 0.226 e. The predicted octanol–water partition coefficient (Wildman–Crippen LogP) is 1.69. The van der Waals surface area contributed by atoms with Crippen LogP contribution in [-0.2, 0) is 9.53 Å². The van der Waals surface area contributed by atoms with E-state index in [9.17, 15) is 4.79 Å². The van der Waals surface area contributed by atoms with Gasteiger partial charge in [-0.2, -0.15) is 0 Å². The van der Waals surface area contributed by atoms with Crippen LogP contribution in [0.2, 0.25) is 0 Å². The van der Waals surface area contributed by atoms with Crippen LogP contribution in [0.4, 0.5) is 5.69 Å². The first-order chi connectivity index (χ1) is 9.10. The number of ether oxygens (including phenoxy) is 2. The van der Waals surface area contributed by atoms with E-state index in [-0.39, 0.29) is 17.3 Å². The van der Waals surface area contributed by atoms with Gasteiger partial charge >= 0.3 is 0 Å². The number of benzene rings is 1. The Morgan fingerprint density at radius 1 is 1.47 bits per heavy atom. The summed E-state index contributed by atoms with van der Waals surface area (Å²) in [5, 5.41) is 2.76. The van der Waals surface area contributed by atoms with Crippen LogP contribution in [0.25, 0.3) is 0 Å². The van der Waals surface area contributed by atoms with Gasteiger partial charge in [0.1, 0.15) is 10.7 Å². The summed E-state index contributed by atoms with van der Waals surface area (Å²) in [4.78, 5) is 12.0. The van der Waals surface area contributed by atoms with Gasteiger partial charge in [0.15, 0.2) is 0 Å². The summed E-state index contributed by atoms with van der Waals surface area (Å²) in [6.45, 7) is 2.84. The Labute approximate surface area is 118 Å². The van der Waals surface area contributed by atoms with Crippen molar-refractivity contribution in [1.82, 2.24) is 0 Å². The van der Waals surface area contributed by atoms with Crippen LogP contribution in [0.15, 0.2) is 18.2 Å². The van der Waals surface area contributed by atoms with E-state index in [2.05, 4.69) is 5.32 Å². The van der Waals surface area contributed by atoms with Crippen molar-refractivity contribution < 1.29 is 14.3 Å². The number of thiocarbonyl (C=S) groups is 1. The van der Waals surface area contributed by atoms with Gasteiger partial charge in [-0.25, -0.2) is 0 Å². The molecule has 0 bridgehead atoms. The number of carbonyl (C=O) groups is 1. The molecule has 0 spiro atoms. The Bertz CT molecular complexity index is 463. The highest BCUT2D eigenvalue weighted by atomic mass is 32.1. The summed E-state index contributed by atoms with van der Waals surface area (Å²) >= 11 is 4.96. The fourth-order valence-corrected chi connectivity index (χ4v) is 1.72. The molecular weight excluding hydrogens is 264 g/mol. The van der Waals surface area contributed by atoms with Crippen LogP contribution in [0.3, 0.4) is 0 Å².